The van der Waals surface area contributed by atoms with E-state index in [1.165, 1.54) is 5.49 Å². The molecule has 1 aromatic heterocycles. The van der Waals surface area contributed by atoms with Crippen molar-refractivity contribution < 1.29 is 0 Å². The third kappa shape index (κ3) is 1.00. The first kappa shape index (κ1) is 5.17. The third-order valence-corrected chi connectivity index (χ3v) is 0.740. The minimum absolute atomic E-state index is 0.639. The molecular formula is C3H4N4S. The molecule has 0 unspecified atom stereocenters. The lowest BCUT2D eigenvalue weighted by molar-refractivity contribution is 0.943. The first-order chi connectivity index (χ1) is 3.93. The Kier molecular flexibility index (Phi) is 1.53. The Bertz CT molecular complexity index is 158. The lowest BCUT2D eigenvalue weighted by Crippen LogP contribution is -1.90. The molecule has 0 amide bonds. The van der Waals surface area contributed by atoms with E-state index in [1.807, 2.05) is 0 Å². The molecule has 4 nitrogen and oxygen atoms in total. The Labute approximate surface area is 51.3 Å². The average molecular weight is 128 g/mol. The number of anilines is 1. The highest BCUT2D eigenvalue weighted by Gasteiger charge is 1.85. The molecule has 1 aromatic rings. The molecular weight excluding hydrogens is 124 g/mol. The second-order valence-corrected chi connectivity index (χ2v) is 1.35. The van der Waals surface area contributed by atoms with Crippen LogP contribution in [-0.2, 0) is 0 Å². The standard InChI is InChI=1S/C3H4N4S/c8-2-4-3-1-5-7-6-3/h1-2H,(H2,4,5,6,7,8). The maximum absolute atomic E-state index is 4.48. The molecule has 1 rings (SSSR count). The molecule has 0 aromatic carbocycles. The van der Waals surface area contributed by atoms with Gasteiger partial charge in [0.05, 0.1) is 11.7 Å². The monoisotopic (exact) mass is 128 g/mol. The van der Waals surface area contributed by atoms with Crippen molar-refractivity contribution >= 4 is 23.5 Å². The number of rotatable bonds is 2. The first-order valence-electron chi connectivity index (χ1n) is 1.99. The molecule has 0 saturated carbocycles. The maximum atomic E-state index is 4.48. The van der Waals surface area contributed by atoms with E-state index in [0.717, 1.165) is 0 Å². The summed E-state index contributed by atoms with van der Waals surface area (Å²) in [5.74, 6) is 0.639. The quantitative estimate of drug-likeness (QED) is 0.557. The Balaban J connectivity index is 2.62. The normalized spacial score (nSPS) is 8.50. The van der Waals surface area contributed by atoms with Gasteiger partial charge < -0.3 is 5.32 Å². The lowest BCUT2D eigenvalue weighted by atomic mass is 10.8. The SMILES string of the molecule is S=CNc1cn[nH]n1. The van der Waals surface area contributed by atoms with Gasteiger partial charge in [0.15, 0.2) is 5.82 Å². The predicted octanol–water partition coefficient (Wildman–Crippen LogP) is 0.174. The third-order valence-electron chi connectivity index (χ3n) is 0.622. The molecule has 42 valence electrons. The van der Waals surface area contributed by atoms with Crippen molar-refractivity contribution in [2.45, 2.75) is 0 Å². The van der Waals surface area contributed by atoms with Crippen molar-refractivity contribution in [2.24, 2.45) is 0 Å². The van der Waals surface area contributed by atoms with Crippen LogP contribution in [-0.4, -0.2) is 20.9 Å². The fourth-order valence-electron chi connectivity index (χ4n) is 0.332. The Hall–Kier alpha value is -0.970. The zero-order valence-corrected chi connectivity index (χ0v) is 4.77. The van der Waals surface area contributed by atoms with Crippen molar-refractivity contribution in [3.63, 3.8) is 0 Å². The van der Waals surface area contributed by atoms with E-state index in [-0.39, 0.29) is 0 Å². The van der Waals surface area contributed by atoms with Gasteiger partial charge in [0.1, 0.15) is 0 Å². The summed E-state index contributed by atoms with van der Waals surface area (Å²) in [7, 11) is 0. The van der Waals surface area contributed by atoms with Crippen molar-refractivity contribution in [1.29, 1.82) is 0 Å². The Morgan fingerprint density at radius 1 is 1.88 bits per heavy atom. The number of aromatic amines is 1. The minimum Gasteiger partial charge on any atom is -0.335 e. The highest BCUT2D eigenvalue weighted by molar-refractivity contribution is 7.79. The van der Waals surface area contributed by atoms with Crippen LogP contribution >= 0.6 is 12.2 Å². The summed E-state index contributed by atoms with van der Waals surface area (Å²) in [6, 6.07) is 0. The molecule has 2 N–H and O–H groups in total. The number of hydrogen-bond acceptors (Lipinski definition) is 3. The van der Waals surface area contributed by atoms with Crippen LogP contribution in [0.5, 0.6) is 0 Å². The smallest absolute Gasteiger partial charge is 0.172 e. The largest absolute Gasteiger partial charge is 0.335 e. The van der Waals surface area contributed by atoms with Crippen LogP contribution < -0.4 is 5.32 Å². The van der Waals surface area contributed by atoms with Gasteiger partial charge in [-0.15, -0.1) is 5.10 Å². The van der Waals surface area contributed by atoms with Crippen LogP contribution in [0.15, 0.2) is 6.20 Å². The van der Waals surface area contributed by atoms with E-state index < -0.39 is 0 Å². The van der Waals surface area contributed by atoms with Crippen LogP contribution in [0.3, 0.4) is 0 Å². The van der Waals surface area contributed by atoms with Crippen LogP contribution in [0.25, 0.3) is 0 Å². The van der Waals surface area contributed by atoms with Gasteiger partial charge in [-0.25, -0.2) is 0 Å². The van der Waals surface area contributed by atoms with Crippen LogP contribution in [0.1, 0.15) is 0 Å². The summed E-state index contributed by atoms with van der Waals surface area (Å²) in [6.07, 6.45) is 1.54. The molecule has 5 heteroatoms. The number of hydrogen-bond donors (Lipinski definition) is 2. The molecule has 1 heterocycles. The van der Waals surface area contributed by atoms with Gasteiger partial charge in [-0.05, 0) is 0 Å². The van der Waals surface area contributed by atoms with E-state index in [1.54, 1.807) is 6.20 Å². The molecule has 0 fully saturated rings. The van der Waals surface area contributed by atoms with Crippen molar-refractivity contribution in [3.05, 3.63) is 6.20 Å². The molecule has 0 saturated heterocycles. The molecule has 0 radical (unpaired) electrons. The number of H-pyrrole nitrogens is 1. The predicted molar refractivity (Wildman–Crippen MR) is 33.7 cm³/mol. The zero-order valence-electron chi connectivity index (χ0n) is 3.96. The molecule has 0 aliphatic carbocycles. The average Bonchev–Trinajstić information content (AvgIpc) is 2.19. The van der Waals surface area contributed by atoms with Gasteiger partial charge in [0.2, 0.25) is 0 Å². The fourth-order valence-corrected chi connectivity index (χ4v) is 0.452. The van der Waals surface area contributed by atoms with E-state index in [9.17, 15) is 0 Å². The van der Waals surface area contributed by atoms with Crippen LogP contribution in [0, 0.1) is 0 Å². The maximum Gasteiger partial charge on any atom is 0.172 e. The van der Waals surface area contributed by atoms with Gasteiger partial charge in [0.25, 0.3) is 0 Å². The molecule has 8 heavy (non-hydrogen) atoms. The fraction of sp³-hybridized carbons (Fsp3) is 0. The van der Waals surface area contributed by atoms with Gasteiger partial charge in [-0.1, -0.05) is 12.2 Å². The molecule has 0 bridgehead atoms. The van der Waals surface area contributed by atoms with E-state index in [0.29, 0.717) is 5.82 Å². The van der Waals surface area contributed by atoms with Gasteiger partial charge in [-0.3, -0.25) is 0 Å². The molecule has 0 spiro atoms. The van der Waals surface area contributed by atoms with E-state index in [4.69, 9.17) is 0 Å². The topological polar surface area (TPSA) is 53.6 Å². The van der Waals surface area contributed by atoms with Crippen LogP contribution in [0.2, 0.25) is 0 Å². The van der Waals surface area contributed by atoms with E-state index >= 15 is 0 Å². The second-order valence-electron chi connectivity index (χ2n) is 1.12. The number of nitrogens with one attached hydrogen (secondary N) is 2. The zero-order chi connectivity index (χ0) is 5.82. The molecule has 0 aliphatic rings. The van der Waals surface area contributed by atoms with Gasteiger partial charge >= 0.3 is 0 Å². The Morgan fingerprint density at radius 3 is 3.25 bits per heavy atom. The van der Waals surface area contributed by atoms with Crippen LogP contribution in [0.4, 0.5) is 5.82 Å². The van der Waals surface area contributed by atoms with Crippen molar-refractivity contribution in [1.82, 2.24) is 15.4 Å². The molecule has 0 aliphatic heterocycles. The highest BCUT2D eigenvalue weighted by atomic mass is 32.1. The summed E-state index contributed by atoms with van der Waals surface area (Å²) >= 11 is 4.48. The van der Waals surface area contributed by atoms with Crippen molar-refractivity contribution in [2.75, 3.05) is 5.32 Å². The molecule has 0 atom stereocenters. The Morgan fingerprint density at radius 2 is 2.75 bits per heavy atom. The first-order valence-corrected chi connectivity index (χ1v) is 2.46. The summed E-state index contributed by atoms with van der Waals surface area (Å²) in [6.45, 7) is 0. The summed E-state index contributed by atoms with van der Waals surface area (Å²) in [4.78, 5) is 0. The van der Waals surface area contributed by atoms with E-state index in [2.05, 4.69) is 32.9 Å². The summed E-state index contributed by atoms with van der Waals surface area (Å²) in [5.41, 5.74) is 1.37. The number of aromatic nitrogens is 3. The summed E-state index contributed by atoms with van der Waals surface area (Å²) in [5, 5.41) is 12.3. The number of thiocarbonyl (C=S) groups is 1. The highest BCUT2D eigenvalue weighted by Crippen LogP contribution is 1.90. The lowest BCUT2D eigenvalue weighted by Gasteiger charge is -1.83. The second kappa shape index (κ2) is 2.37. The van der Waals surface area contributed by atoms with Gasteiger partial charge in [0, 0.05) is 0 Å². The number of nitrogens with zero attached hydrogens (tertiary/aromatic N) is 2. The van der Waals surface area contributed by atoms with Gasteiger partial charge in [-0.2, -0.15) is 10.3 Å². The summed E-state index contributed by atoms with van der Waals surface area (Å²) < 4.78 is 0. The minimum atomic E-state index is 0.639. The van der Waals surface area contributed by atoms with Crippen molar-refractivity contribution in [3.8, 4) is 0 Å².